The number of urea groups is 1. The van der Waals surface area contributed by atoms with Gasteiger partial charge in [-0.3, -0.25) is 0 Å². The summed E-state index contributed by atoms with van der Waals surface area (Å²) in [5.74, 6) is 0. The molecule has 1 aromatic carbocycles. The van der Waals surface area contributed by atoms with E-state index in [9.17, 15) is 4.79 Å². The van der Waals surface area contributed by atoms with Crippen LogP contribution in [-0.2, 0) is 17.9 Å². The minimum absolute atomic E-state index is 0.161. The number of carbonyl (C=O) groups excluding carboxylic acids is 1. The number of methoxy groups -OCH3 is 1. The summed E-state index contributed by atoms with van der Waals surface area (Å²) >= 11 is 1.70. The van der Waals surface area contributed by atoms with Crippen molar-refractivity contribution in [3.05, 3.63) is 57.8 Å². The molecule has 2 N–H and O–H groups in total. The summed E-state index contributed by atoms with van der Waals surface area (Å²) in [5, 5.41) is 7.93. The smallest absolute Gasteiger partial charge is 0.315 e. The predicted molar refractivity (Wildman–Crippen MR) is 98.1 cm³/mol. The third-order valence-corrected chi connectivity index (χ3v) is 4.78. The summed E-state index contributed by atoms with van der Waals surface area (Å²) in [6.07, 6.45) is 0. The van der Waals surface area contributed by atoms with Crippen LogP contribution in [0, 0.1) is 0 Å². The lowest BCUT2D eigenvalue weighted by atomic mass is 10.1. The number of hydrogen-bond donors (Lipinski definition) is 2. The van der Waals surface area contributed by atoms with Gasteiger partial charge in [0.1, 0.15) is 0 Å². The van der Waals surface area contributed by atoms with Crippen LogP contribution in [0.3, 0.4) is 0 Å². The number of nitrogens with zero attached hydrogens (tertiary/aromatic N) is 1. The zero-order valence-electron chi connectivity index (χ0n) is 14.4. The lowest BCUT2D eigenvalue weighted by molar-refractivity contribution is 0.184. The van der Waals surface area contributed by atoms with Crippen molar-refractivity contribution in [3.63, 3.8) is 0 Å². The summed E-state index contributed by atoms with van der Waals surface area (Å²) in [6.45, 7) is 1.59. The van der Waals surface area contributed by atoms with Gasteiger partial charge in [0.15, 0.2) is 0 Å². The number of carbonyl (C=O) groups is 1. The molecule has 0 spiro atoms. The highest BCUT2D eigenvalue weighted by atomic mass is 32.1. The molecule has 6 heteroatoms. The van der Waals surface area contributed by atoms with E-state index in [1.807, 2.05) is 44.4 Å². The molecule has 0 bridgehead atoms. The van der Waals surface area contributed by atoms with Gasteiger partial charge in [-0.2, -0.15) is 0 Å². The van der Waals surface area contributed by atoms with Crippen molar-refractivity contribution in [1.29, 1.82) is 0 Å². The third kappa shape index (κ3) is 5.33. The number of benzene rings is 1. The van der Waals surface area contributed by atoms with E-state index in [0.717, 1.165) is 11.1 Å². The molecule has 0 radical (unpaired) electrons. The Hall–Kier alpha value is -1.89. The molecule has 0 saturated heterocycles. The Balaban J connectivity index is 1.85. The number of ether oxygens (including phenoxy) is 1. The van der Waals surface area contributed by atoms with Crippen molar-refractivity contribution in [2.75, 3.05) is 27.7 Å². The van der Waals surface area contributed by atoms with Crippen molar-refractivity contribution >= 4 is 17.4 Å². The van der Waals surface area contributed by atoms with E-state index < -0.39 is 0 Å². The Labute approximate surface area is 147 Å². The van der Waals surface area contributed by atoms with Gasteiger partial charge >= 0.3 is 6.03 Å². The van der Waals surface area contributed by atoms with Crippen molar-refractivity contribution in [1.82, 2.24) is 15.5 Å². The topological polar surface area (TPSA) is 53.6 Å². The number of rotatable bonds is 8. The first-order valence-corrected chi connectivity index (χ1v) is 8.77. The number of nitrogens with one attached hydrogen (secondary N) is 2. The molecule has 1 aromatic heterocycles. The summed E-state index contributed by atoms with van der Waals surface area (Å²) in [7, 11) is 5.71. The van der Waals surface area contributed by atoms with Crippen molar-refractivity contribution in [2.24, 2.45) is 0 Å². The molecule has 0 aliphatic rings. The van der Waals surface area contributed by atoms with Gasteiger partial charge in [0, 0.05) is 25.1 Å². The first-order chi connectivity index (χ1) is 11.6. The third-order valence-electron chi connectivity index (χ3n) is 3.81. The average Bonchev–Trinajstić information content (AvgIpc) is 3.08. The maximum atomic E-state index is 12.1. The highest BCUT2D eigenvalue weighted by molar-refractivity contribution is 7.10. The molecule has 2 aromatic rings. The first-order valence-electron chi connectivity index (χ1n) is 7.89. The maximum Gasteiger partial charge on any atom is 0.315 e. The molecule has 2 amide bonds. The van der Waals surface area contributed by atoms with E-state index in [4.69, 9.17) is 4.74 Å². The Bertz CT molecular complexity index is 629. The van der Waals surface area contributed by atoms with Crippen LogP contribution in [0.25, 0.3) is 0 Å². The molecule has 5 nitrogen and oxygen atoms in total. The summed E-state index contributed by atoms with van der Waals surface area (Å²) < 4.78 is 5.19. The Morgan fingerprint density at radius 1 is 1.17 bits per heavy atom. The number of hydrogen-bond acceptors (Lipinski definition) is 4. The van der Waals surface area contributed by atoms with Crippen LogP contribution in [0.4, 0.5) is 4.79 Å². The van der Waals surface area contributed by atoms with E-state index in [-0.39, 0.29) is 12.1 Å². The summed E-state index contributed by atoms with van der Waals surface area (Å²) in [4.78, 5) is 15.5. The Morgan fingerprint density at radius 2 is 1.92 bits per heavy atom. The van der Waals surface area contributed by atoms with Crippen LogP contribution >= 0.6 is 11.3 Å². The molecule has 0 fully saturated rings. The largest absolute Gasteiger partial charge is 0.380 e. The molecule has 1 heterocycles. The fourth-order valence-electron chi connectivity index (χ4n) is 2.47. The molecule has 1 unspecified atom stereocenters. The lowest BCUT2D eigenvalue weighted by Crippen LogP contribution is -2.40. The average molecular weight is 347 g/mol. The highest BCUT2D eigenvalue weighted by Crippen LogP contribution is 2.22. The van der Waals surface area contributed by atoms with Gasteiger partial charge in [0.25, 0.3) is 0 Å². The molecule has 2 rings (SSSR count). The standard InChI is InChI=1S/C18H25N3O2S/c1-21(2)16(17-9-6-10-24-17)12-20-18(22)19-11-14-7-4-5-8-15(14)13-23-3/h4-10,16H,11-13H2,1-3H3,(H2,19,20,22). The van der Waals surface area contributed by atoms with Crippen LogP contribution in [0.1, 0.15) is 22.0 Å². The zero-order valence-corrected chi connectivity index (χ0v) is 15.2. The number of likely N-dealkylation sites (N-methyl/N-ethyl adjacent to an activating group) is 1. The number of thiophene rings is 1. The molecule has 1 atom stereocenters. The van der Waals surface area contributed by atoms with Crippen LogP contribution in [0.5, 0.6) is 0 Å². The SMILES string of the molecule is COCc1ccccc1CNC(=O)NCC(c1cccs1)N(C)C. The highest BCUT2D eigenvalue weighted by Gasteiger charge is 2.16. The van der Waals surface area contributed by atoms with E-state index in [1.54, 1.807) is 18.4 Å². The molecule has 0 aliphatic carbocycles. The second-order valence-corrected chi connectivity index (χ2v) is 6.74. The fraction of sp³-hybridized carbons (Fsp3) is 0.389. The van der Waals surface area contributed by atoms with E-state index in [2.05, 4.69) is 27.0 Å². The first kappa shape index (κ1) is 18.4. The van der Waals surface area contributed by atoms with Crippen molar-refractivity contribution < 1.29 is 9.53 Å². The van der Waals surface area contributed by atoms with Gasteiger partial charge < -0.3 is 20.3 Å². The molecular formula is C18H25N3O2S. The van der Waals surface area contributed by atoms with Gasteiger partial charge in [0.05, 0.1) is 12.6 Å². The van der Waals surface area contributed by atoms with E-state index in [0.29, 0.717) is 19.7 Å². The molecular weight excluding hydrogens is 322 g/mol. The lowest BCUT2D eigenvalue weighted by Gasteiger charge is -2.23. The van der Waals surface area contributed by atoms with Crippen molar-refractivity contribution in [3.8, 4) is 0 Å². The molecule has 0 aliphatic heterocycles. The van der Waals surface area contributed by atoms with Gasteiger partial charge in [-0.25, -0.2) is 4.79 Å². The van der Waals surface area contributed by atoms with Gasteiger partial charge in [-0.1, -0.05) is 30.3 Å². The number of amides is 2. The maximum absolute atomic E-state index is 12.1. The predicted octanol–water partition coefficient (Wildman–Crippen LogP) is 3.00. The van der Waals surface area contributed by atoms with Crippen LogP contribution in [0.2, 0.25) is 0 Å². The minimum Gasteiger partial charge on any atom is -0.380 e. The molecule has 0 saturated carbocycles. The zero-order chi connectivity index (χ0) is 17.4. The van der Waals surface area contributed by atoms with Crippen LogP contribution in [0.15, 0.2) is 41.8 Å². The summed E-state index contributed by atoms with van der Waals surface area (Å²) in [5.41, 5.74) is 2.15. The van der Waals surface area contributed by atoms with Crippen LogP contribution < -0.4 is 10.6 Å². The monoisotopic (exact) mass is 347 g/mol. The summed E-state index contributed by atoms with van der Waals surface area (Å²) in [6, 6.07) is 12.1. The van der Waals surface area contributed by atoms with Crippen molar-refractivity contribution in [2.45, 2.75) is 19.2 Å². The Kier molecular flexibility index (Phi) is 7.24. The van der Waals surface area contributed by atoms with Gasteiger partial charge in [0.2, 0.25) is 0 Å². The second kappa shape index (κ2) is 9.42. The quantitative estimate of drug-likeness (QED) is 0.772. The normalized spacial score (nSPS) is 12.2. The van der Waals surface area contributed by atoms with E-state index >= 15 is 0 Å². The fourth-order valence-corrected chi connectivity index (χ4v) is 3.39. The minimum atomic E-state index is -0.161. The van der Waals surface area contributed by atoms with E-state index in [1.165, 1.54) is 4.88 Å². The second-order valence-electron chi connectivity index (χ2n) is 5.76. The molecule has 130 valence electrons. The Morgan fingerprint density at radius 3 is 2.54 bits per heavy atom. The van der Waals surface area contributed by atoms with Gasteiger partial charge in [-0.15, -0.1) is 11.3 Å². The molecule has 24 heavy (non-hydrogen) atoms. The van der Waals surface area contributed by atoms with Crippen LogP contribution in [-0.4, -0.2) is 38.7 Å². The van der Waals surface area contributed by atoms with Gasteiger partial charge in [-0.05, 0) is 36.7 Å².